The largest absolute Gasteiger partial charge is 0.497 e. The number of hydrogen-bond donors (Lipinski definition) is 1. The lowest BCUT2D eigenvalue weighted by Gasteiger charge is -2.17. The van der Waals surface area contributed by atoms with Crippen molar-refractivity contribution in [2.75, 3.05) is 13.7 Å². The molecule has 21 heavy (non-hydrogen) atoms. The van der Waals surface area contributed by atoms with Gasteiger partial charge in [-0.2, -0.15) is 0 Å². The molecule has 1 unspecified atom stereocenters. The Morgan fingerprint density at radius 2 is 1.95 bits per heavy atom. The SMILES string of the molecule is CCCNC(c1ccc(OC)cc1)c1nc(C(C)C)cs1. The number of thiazole rings is 1. The van der Waals surface area contributed by atoms with Crippen LogP contribution in [0.1, 0.15) is 55.4 Å². The van der Waals surface area contributed by atoms with Gasteiger partial charge in [-0.1, -0.05) is 32.9 Å². The van der Waals surface area contributed by atoms with Gasteiger partial charge in [-0.15, -0.1) is 11.3 Å². The molecule has 0 bridgehead atoms. The van der Waals surface area contributed by atoms with Crippen LogP contribution in [0.5, 0.6) is 5.75 Å². The van der Waals surface area contributed by atoms with E-state index in [0.717, 1.165) is 23.7 Å². The molecule has 2 rings (SSSR count). The lowest BCUT2D eigenvalue weighted by Crippen LogP contribution is -2.23. The Morgan fingerprint density at radius 3 is 2.48 bits per heavy atom. The number of ether oxygens (including phenoxy) is 1. The summed E-state index contributed by atoms with van der Waals surface area (Å²) in [5.74, 6) is 1.35. The first-order chi connectivity index (χ1) is 10.2. The van der Waals surface area contributed by atoms with Crippen molar-refractivity contribution < 1.29 is 4.74 Å². The lowest BCUT2D eigenvalue weighted by atomic mass is 10.1. The van der Waals surface area contributed by atoms with Gasteiger partial charge in [-0.05, 0) is 36.6 Å². The minimum Gasteiger partial charge on any atom is -0.497 e. The molecule has 0 spiro atoms. The van der Waals surface area contributed by atoms with Crippen LogP contribution >= 0.6 is 11.3 Å². The van der Waals surface area contributed by atoms with Crippen LogP contribution < -0.4 is 10.1 Å². The third kappa shape index (κ3) is 4.05. The summed E-state index contributed by atoms with van der Waals surface area (Å²) in [5.41, 5.74) is 2.40. The van der Waals surface area contributed by atoms with E-state index >= 15 is 0 Å². The minimum atomic E-state index is 0.161. The Hall–Kier alpha value is -1.39. The highest BCUT2D eigenvalue weighted by molar-refractivity contribution is 7.09. The van der Waals surface area contributed by atoms with E-state index in [4.69, 9.17) is 9.72 Å². The van der Waals surface area contributed by atoms with Crippen LogP contribution in [-0.4, -0.2) is 18.6 Å². The molecule has 1 aromatic carbocycles. The van der Waals surface area contributed by atoms with Crippen molar-refractivity contribution in [2.24, 2.45) is 0 Å². The quantitative estimate of drug-likeness (QED) is 0.825. The maximum Gasteiger partial charge on any atom is 0.118 e. The Morgan fingerprint density at radius 1 is 1.24 bits per heavy atom. The average Bonchev–Trinajstić information content (AvgIpc) is 2.98. The van der Waals surface area contributed by atoms with Crippen LogP contribution in [0.3, 0.4) is 0 Å². The Kier molecular flexibility index (Phi) is 5.76. The number of nitrogens with zero attached hydrogens (tertiary/aromatic N) is 1. The van der Waals surface area contributed by atoms with Crippen LogP contribution in [0.15, 0.2) is 29.6 Å². The highest BCUT2D eigenvalue weighted by Crippen LogP contribution is 2.28. The van der Waals surface area contributed by atoms with E-state index < -0.39 is 0 Å². The minimum absolute atomic E-state index is 0.161. The fourth-order valence-electron chi connectivity index (χ4n) is 2.13. The summed E-state index contributed by atoms with van der Waals surface area (Å²) in [6.07, 6.45) is 1.11. The van der Waals surface area contributed by atoms with Crippen molar-refractivity contribution in [1.82, 2.24) is 10.3 Å². The number of hydrogen-bond acceptors (Lipinski definition) is 4. The van der Waals surface area contributed by atoms with Crippen molar-refractivity contribution in [3.05, 3.63) is 45.9 Å². The lowest BCUT2D eigenvalue weighted by molar-refractivity contribution is 0.414. The number of aromatic nitrogens is 1. The van der Waals surface area contributed by atoms with E-state index in [1.807, 2.05) is 12.1 Å². The summed E-state index contributed by atoms with van der Waals surface area (Å²) in [6.45, 7) is 7.52. The average molecular weight is 304 g/mol. The molecule has 2 aromatic rings. The molecule has 1 N–H and O–H groups in total. The summed E-state index contributed by atoms with van der Waals surface area (Å²) in [4.78, 5) is 4.81. The zero-order valence-electron chi connectivity index (χ0n) is 13.2. The van der Waals surface area contributed by atoms with Crippen molar-refractivity contribution in [1.29, 1.82) is 0 Å². The van der Waals surface area contributed by atoms with Gasteiger partial charge in [0, 0.05) is 5.38 Å². The topological polar surface area (TPSA) is 34.1 Å². The summed E-state index contributed by atoms with van der Waals surface area (Å²) >= 11 is 1.74. The second-order valence-electron chi connectivity index (χ2n) is 5.43. The highest BCUT2D eigenvalue weighted by atomic mass is 32.1. The van der Waals surface area contributed by atoms with E-state index in [9.17, 15) is 0 Å². The maximum absolute atomic E-state index is 5.24. The fourth-order valence-corrected chi connectivity index (χ4v) is 3.21. The predicted octanol–water partition coefficient (Wildman–Crippen LogP) is 4.36. The molecule has 0 fully saturated rings. The van der Waals surface area contributed by atoms with Gasteiger partial charge in [0.25, 0.3) is 0 Å². The van der Waals surface area contributed by atoms with Crippen molar-refractivity contribution in [3.8, 4) is 5.75 Å². The summed E-state index contributed by atoms with van der Waals surface area (Å²) in [7, 11) is 1.69. The molecule has 1 heterocycles. The molecular weight excluding hydrogens is 280 g/mol. The van der Waals surface area contributed by atoms with E-state index in [0.29, 0.717) is 5.92 Å². The number of rotatable bonds is 7. The van der Waals surface area contributed by atoms with Crippen molar-refractivity contribution in [3.63, 3.8) is 0 Å². The van der Waals surface area contributed by atoms with Crippen LogP contribution in [0, 0.1) is 0 Å². The first-order valence-corrected chi connectivity index (χ1v) is 8.36. The molecule has 0 amide bonds. The van der Waals surface area contributed by atoms with Crippen molar-refractivity contribution in [2.45, 2.75) is 39.2 Å². The predicted molar refractivity (Wildman–Crippen MR) is 89.3 cm³/mol. The number of methoxy groups -OCH3 is 1. The molecule has 0 radical (unpaired) electrons. The second kappa shape index (κ2) is 7.57. The fraction of sp³-hybridized carbons (Fsp3) is 0.471. The Bertz CT molecular complexity index is 548. The summed E-state index contributed by atoms with van der Waals surface area (Å²) in [5, 5.41) is 6.91. The van der Waals surface area contributed by atoms with Crippen LogP contribution in [0.25, 0.3) is 0 Å². The molecule has 1 atom stereocenters. The normalized spacial score (nSPS) is 12.6. The third-order valence-corrected chi connectivity index (χ3v) is 4.35. The standard InChI is InChI=1S/C17H24N2OS/c1-5-10-18-16(13-6-8-14(20-4)9-7-13)17-19-15(11-21-17)12(2)3/h6-9,11-12,16,18H,5,10H2,1-4H3. The molecular formula is C17H24N2OS. The molecule has 0 aliphatic heterocycles. The number of benzene rings is 1. The van der Waals surface area contributed by atoms with Gasteiger partial charge in [0.15, 0.2) is 0 Å². The first kappa shape index (κ1) is 16.0. The molecule has 0 saturated carbocycles. The summed E-state index contributed by atoms with van der Waals surface area (Å²) < 4.78 is 5.24. The second-order valence-corrected chi connectivity index (χ2v) is 6.32. The smallest absolute Gasteiger partial charge is 0.118 e. The maximum atomic E-state index is 5.24. The van der Waals surface area contributed by atoms with E-state index in [2.05, 4.69) is 43.6 Å². The molecule has 4 heteroatoms. The molecule has 3 nitrogen and oxygen atoms in total. The number of nitrogens with one attached hydrogen (secondary N) is 1. The van der Waals surface area contributed by atoms with Crippen LogP contribution in [-0.2, 0) is 0 Å². The molecule has 0 aliphatic rings. The first-order valence-electron chi connectivity index (χ1n) is 7.48. The van der Waals surface area contributed by atoms with E-state index in [1.54, 1.807) is 18.4 Å². The zero-order valence-corrected chi connectivity index (χ0v) is 14.0. The molecule has 114 valence electrons. The monoisotopic (exact) mass is 304 g/mol. The summed E-state index contributed by atoms with van der Waals surface area (Å²) in [6, 6.07) is 8.40. The molecule has 1 aromatic heterocycles. The van der Waals surface area contributed by atoms with Gasteiger partial charge in [0.2, 0.25) is 0 Å². The van der Waals surface area contributed by atoms with Crippen molar-refractivity contribution >= 4 is 11.3 Å². The highest BCUT2D eigenvalue weighted by Gasteiger charge is 2.18. The van der Waals surface area contributed by atoms with Gasteiger partial charge in [0.1, 0.15) is 10.8 Å². The van der Waals surface area contributed by atoms with E-state index in [-0.39, 0.29) is 6.04 Å². The zero-order chi connectivity index (χ0) is 15.2. The van der Waals surface area contributed by atoms with Gasteiger partial charge >= 0.3 is 0 Å². The Labute approximate surface area is 131 Å². The van der Waals surface area contributed by atoms with Gasteiger partial charge in [-0.3, -0.25) is 0 Å². The Balaban J connectivity index is 2.27. The van der Waals surface area contributed by atoms with Gasteiger partial charge in [-0.25, -0.2) is 4.98 Å². The molecule has 0 aliphatic carbocycles. The van der Waals surface area contributed by atoms with Crippen LogP contribution in [0.2, 0.25) is 0 Å². The molecule has 0 saturated heterocycles. The van der Waals surface area contributed by atoms with E-state index in [1.165, 1.54) is 11.3 Å². The van der Waals surface area contributed by atoms with Crippen LogP contribution in [0.4, 0.5) is 0 Å². The van der Waals surface area contributed by atoms with Gasteiger partial charge < -0.3 is 10.1 Å². The van der Waals surface area contributed by atoms with Gasteiger partial charge in [0.05, 0.1) is 18.8 Å². The third-order valence-electron chi connectivity index (χ3n) is 3.43.